The molecular weight excluding hydrogens is 507 g/mol. The molecule has 2 aromatic carbocycles. The Balaban J connectivity index is 0.00000450. The number of benzene rings is 2. The highest BCUT2D eigenvalue weighted by atomic mass is 127. The number of aliphatic imine (C=N–C) groups is 1. The van der Waals surface area contributed by atoms with Crippen LogP contribution in [0.5, 0.6) is 17.2 Å². The molecule has 0 saturated heterocycles. The number of ether oxygens (including phenoxy) is 3. The van der Waals surface area contributed by atoms with Gasteiger partial charge in [-0.15, -0.1) is 24.0 Å². The molecule has 6 nitrogen and oxygen atoms in total. The number of nitrogens with zero attached hydrogens (tertiary/aromatic N) is 1. The molecule has 0 aromatic heterocycles. The zero-order chi connectivity index (χ0) is 21.1. The van der Waals surface area contributed by atoms with E-state index in [9.17, 15) is 8.78 Å². The van der Waals surface area contributed by atoms with Crippen LogP contribution in [0.25, 0.3) is 0 Å². The van der Waals surface area contributed by atoms with Crippen molar-refractivity contribution >= 4 is 29.9 Å². The molecule has 30 heavy (non-hydrogen) atoms. The molecule has 0 bridgehead atoms. The summed E-state index contributed by atoms with van der Waals surface area (Å²) in [5.74, 6) is 1.63. The molecule has 166 valence electrons. The van der Waals surface area contributed by atoms with E-state index in [1.54, 1.807) is 32.2 Å². The molecule has 0 spiro atoms. The van der Waals surface area contributed by atoms with Gasteiger partial charge in [0.1, 0.15) is 5.75 Å². The van der Waals surface area contributed by atoms with Gasteiger partial charge in [0, 0.05) is 18.7 Å². The van der Waals surface area contributed by atoms with Crippen molar-refractivity contribution in [1.29, 1.82) is 0 Å². The fourth-order valence-electron chi connectivity index (χ4n) is 2.65. The van der Waals surface area contributed by atoms with Crippen LogP contribution < -0.4 is 24.8 Å². The smallest absolute Gasteiger partial charge is 0.387 e. The lowest BCUT2D eigenvalue weighted by Crippen LogP contribution is -2.36. The third kappa shape index (κ3) is 8.21. The first-order chi connectivity index (χ1) is 14.1. The molecule has 2 aromatic rings. The Morgan fingerprint density at radius 1 is 1.10 bits per heavy atom. The summed E-state index contributed by atoms with van der Waals surface area (Å²) >= 11 is 0. The number of hydrogen-bond donors (Lipinski definition) is 2. The van der Waals surface area contributed by atoms with Gasteiger partial charge >= 0.3 is 6.61 Å². The zero-order valence-corrected chi connectivity index (χ0v) is 19.6. The Morgan fingerprint density at radius 3 is 2.53 bits per heavy atom. The Bertz CT molecular complexity index is 807. The standard InChI is InChI=1S/C21H27F2N3O3.HI/c1-4-24-21(25-13-15-8-6-10-17(12-15)27-3)26-14-16-9-7-11-18(28-5-2)19(16)29-20(22)23;/h6-12,20H,4-5,13-14H2,1-3H3,(H2,24,25,26);1H. The van der Waals surface area contributed by atoms with Crippen molar-refractivity contribution in [3.8, 4) is 17.2 Å². The predicted molar refractivity (Wildman–Crippen MR) is 124 cm³/mol. The van der Waals surface area contributed by atoms with Gasteiger partial charge in [0.2, 0.25) is 0 Å². The van der Waals surface area contributed by atoms with E-state index in [1.165, 1.54) is 0 Å². The SMILES string of the molecule is CCNC(=NCc1cccc(OC)c1)NCc1cccc(OCC)c1OC(F)F.I. The minimum absolute atomic E-state index is 0. The van der Waals surface area contributed by atoms with Gasteiger partial charge in [-0.05, 0) is 37.6 Å². The van der Waals surface area contributed by atoms with E-state index >= 15 is 0 Å². The number of halogens is 3. The molecule has 0 heterocycles. The third-order valence-electron chi connectivity index (χ3n) is 3.91. The number of alkyl halides is 2. The first kappa shape index (κ1) is 25.7. The normalized spacial score (nSPS) is 10.9. The topological polar surface area (TPSA) is 64.1 Å². The Hall–Kier alpha value is -2.30. The first-order valence-corrected chi connectivity index (χ1v) is 9.42. The number of para-hydroxylation sites is 1. The summed E-state index contributed by atoms with van der Waals surface area (Å²) in [6.07, 6.45) is 0. The summed E-state index contributed by atoms with van der Waals surface area (Å²) in [5, 5.41) is 6.29. The maximum absolute atomic E-state index is 12.9. The monoisotopic (exact) mass is 535 g/mol. The van der Waals surface area contributed by atoms with Crippen LogP contribution >= 0.6 is 24.0 Å². The minimum atomic E-state index is -2.94. The van der Waals surface area contributed by atoms with Crippen molar-refractivity contribution in [2.24, 2.45) is 4.99 Å². The molecular formula is C21H28F2IN3O3. The zero-order valence-electron chi connectivity index (χ0n) is 17.3. The molecule has 0 aliphatic carbocycles. The average Bonchev–Trinajstić information content (AvgIpc) is 2.72. The second kappa shape index (κ2) is 13.8. The van der Waals surface area contributed by atoms with Gasteiger partial charge in [-0.2, -0.15) is 8.78 Å². The number of nitrogens with one attached hydrogen (secondary N) is 2. The maximum atomic E-state index is 12.9. The molecule has 9 heteroatoms. The van der Waals surface area contributed by atoms with Crippen LogP contribution in [0.4, 0.5) is 8.78 Å². The van der Waals surface area contributed by atoms with Gasteiger partial charge in [0.05, 0.1) is 20.3 Å². The van der Waals surface area contributed by atoms with Gasteiger partial charge in [-0.25, -0.2) is 4.99 Å². The van der Waals surface area contributed by atoms with E-state index in [0.29, 0.717) is 31.2 Å². The van der Waals surface area contributed by atoms with Crippen LogP contribution in [0.3, 0.4) is 0 Å². The van der Waals surface area contributed by atoms with Crippen LogP contribution in [-0.4, -0.2) is 32.8 Å². The van der Waals surface area contributed by atoms with Crippen molar-refractivity contribution in [1.82, 2.24) is 10.6 Å². The highest BCUT2D eigenvalue weighted by molar-refractivity contribution is 14.0. The quantitative estimate of drug-likeness (QED) is 0.265. The lowest BCUT2D eigenvalue weighted by Gasteiger charge is -2.17. The molecule has 2 N–H and O–H groups in total. The third-order valence-corrected chi connectivity index (χ3v) is 3.91. The fraction of sp³-hybridized carbons (Fsp3) is 0.381. The van der Waals surface area contributed by atoms with E-state index in [0.717, 1.165) is 11.3 Å². The molecule has 0 fully saturated rings. The highest BCUT2D eigenvalue weighted by Crippen LogP contribution is 2.32. The summed E-state index contributed by atoms with van der Waals surface area (Å²) < 4.78 is 41.1. The lowest BCUT2D eigenvalue weighted by atomic mass is 10.2. The largest absolute Gasteiger partial charge is 0.497 e. The van der Waals surface area contributed by atoms with Crippen LogP contribution in [0.15, 0.2) is 47.5 Å². The van der Waals surface area contributed by atoms with Gasteiger partial charge in [-0.3, -0.25) is 0 Å². The molecule has 0 amide bonds. The average molecular weight is 535 g/mol. The van der Waals surface area contributed by atoms with Crippen molar-refractivity contribution in [3.05, 3.63) is 53.6 Å². The van der Waals surface area contributed by atoms with Crippen LogP contribution in [0, 0.1) is 0 Å². The van der Waals surface area contributed by atoms with Gasteiger partial charge in [0.25, 0.3) is 0 Å². The number of rotatable bonds is 10. The maximum Gasteiger partial charge on any atom is 0.387 e. The fourth-order valence-corrected chi connectivity index (χ4v) is 2.65. The van der Waals surface area contributed by atoms with E-state index in [4.69, 9.17) is 14.2 Å². The summed E-state index contributed by atoms with van der Waals surface area (Å²) in [6.45, 7) is 2.48. The second-order valence-corrected chi connectivity index (χ2v) is 5.96. The van der Waals surface area contributed by atoms with Crippen molar-refractivity contribution in [2.45, 2.75) is 33.5 Å². The Labute approximate surface area is 193 Å². The second-order valence-electron chi connectivity index (χ2n) is 5.96. The minimum Gasteiger partial charge on any atom is -0.497 e. The van der Waals surface area contributed by atoms with Gasteiger partial charge in [0.15, 0.2) is 17.5 Å². The molecule has 2 rings (SSSR count). The molecule has 0 saturated carbocycles. The van der Waals surface area contributed by atoms with E-state index in [-0.39, 0.29) is 42.0 Å². The summed E-state index contributed by atoms with van der Waals surface area (Å²) in [5.41, 5.74) is 1.53. The number of methoxy groups -OCH3 is 1. The van der Waals surface area contributed by atoms with Crippen molar-refractivity contribution < 1.29 is 23.0 Å². The van der Waals surface area contributed by atoms with E-state index < -0.39 is 6.61 Å². The highest BCUT2D eigenvalue weighted by Gasteiger charge is 2.16. The molecule has 0 atom stereocenters. The summed E-state index contributed by atoms with van der Waals surface area (Å²) in [7, 11) is 1.61. The van der Waals surface area contributed by atoms with Crippen molar-refractivity contribution in [2.75, 3.05) is 20.3 Å². The van der Waals surface area contributed by atoms with Crippen LogP contribution in [-0.2, 0) is 13.1 Å². The van der Waals surface area contributed by atoms with Crippen LogP contribution in [0.1, 0.15) is 25.0 Å². The first-order valence-electron chi connectivity index (χ1n) is 9.42. The van der Waals surface area contributed by atoms with E-state index in [2.05, 4.69) is 15.6 Å². The summed E-state index contributed by atoms with van der Waals surface area (Å²) in [4.78, 5) is 4.54. The lowest BCUT2D eigenvalue weighted by molar-refractivity contribution is -0.0520. The Morgan fingerprint density at radius 2 is 1.87 bits per heavy atom. The van der Waals surface area contributed by atoms with Gasteiger partial charge in [-0.1, -0.05) is 24.3 Å². The van der Waals surface area contributed by atoms with Crippen molar-refractivity contribution in [3.63, 3.8) is 0 Å². The van der Waals surface area contributed by atoms with Crippen LogP contribution in [0.2, 0.25) is 0 Å². The predicted octanol–water partition coefficient (Wildman–Crippen LogP) is 4.57. The summed E-state index contributed by atoms with van der Waals surface area (Å²) in [6, 6.07) is 12.7. The number of hydrogen-bond acceptors (Lipinski definition) is 4. The number of guanidine groups is 1. The van der Waals surface area contributed by atoms with E-state index in [1.807, 2.05) is 31.2 Å². The molecule has 0 unspecified atom stereocenters. The molecule has 0 radical (unpaired) electrons. The Kier molecular flexibility index (Phi) is 11.9. The van der Waals surface area contributed by atoms with Gasteiger partial charge < -0.3 is 24.8 Å². The molecule has 0 aliphatic heterocycles. The molecule has 0 aliphatic rings.